The molecule has 0 saturated heterocycles. The lowest BCUT2D eigenvalue weighted by Gasteiger charge is -2.44. The van der Waals surface area contributed by atoms with Crippen LogP contribution in [0.15, 0.2) is 0 Å². The van der Waals surface area contributed by atoms with Gasteiger partial charge in [0.05, 0.1) is 15.5 Å². The van der Waals surface area contributed by atoms with Gasteiger partial charge in [-0.05, 0) is 42.3 Å². The predicted molar refractivity (Wildman–Crippen MR) is 54.4 cm³/mol. The Morgan fingerprint density at radius 1 is 0.917 bits per heavy atom. The summed E-state index contributed by atoms with van der Waals surface area (Å²) in [4.78, 5) is 6.47. The molecule has 0 rings (SSSR count). The molecule has 0 heterocycles. The Labute approximate surface area is 79.7 Å². The first kappa shape index (κ1) is 12.1. The van der Waals surface area contributed by atoms with Crippen LogP contribution in [-0.2, 0) is 0 Å². The van der Waals surface area contributed by atoms with Crippen LogP contribution in [-0.4, -0.2) is 79.1 Å². The van der Waals surface area contributed by atoms with Gasteiger partial charge >= 0.3 is 0 Å². The zero-order chi connectivity index (χ0) is 9.94. The van der Waals surface area contributed by atoms with Crippen molar-refractivity contribution in [2.75, 3.05) is 48.8 Å². The van der Waals surface area contributed by atoms with Crippen molar-refractivity contribution < 1.29 is 0 Å². The van der Waals surface area contributed by atoms with Crippen molar-refractivity contribution in [1.82, 2.24) is 14.7 Å². The van der Waals surface area contributed by atoms with Crippen molar-refractivity contribution >= 4 is 10.2 Å². The molecule has 0 aromatic rings. The Kier molecular flexibility index (Phi) is 4.40. The minimum atomic E-state index is -0.0799. The van der Waals surface area contributed by atoms with Crippen LogP contribution >= 0.6 is 0 Å². The summed E-state index contributed by atoms with van der Waals surface area (Å²) >= 11 is 0. The van der Waals surface area contributed by atoms with Gasteiger partial charge < -0.3 is 4.90 Å². The van der Waals surface area contributed by atoms with E-state index in [-0.39, 0.29) is 5.29 Å². The number of likely N-dealkylation sites (N-methyl/N-ethyl adjacent to an activating group) is 3. The van der Waals surface area contributed by atoms with Gasteiger partial charge in [-0.1, -0.05) is 0 Å². The Hall–Kier alpha value is 0.0969. The van der Waals surface area contributed by atoms with Gasteiger partial charge in [-0.3, -0.25) is 9.80 Å². The lowest BCUT2D eigenvalue weighted by atomic mass is 10.3. The van der Waals surface area contributed by atoms with Crippen molar-refractivity contribution in [2.24, 2.45) is 0 Å². The van der Waals surface area contributed by atoms with Crippen molar-refractivity contribution in [2.45, 2.75) is 5.29 Å². The van der Waals surface area contributed by atoms with E-state index in [1.165, 1.54) is 0 Å². The zero-order valence-electron chi connectivity index (χ0n) is 9.05. The maximum Gasteiger partial charge on any atom is 0.0770 e. The van der Waals surface area contributed by atoms with Gasteiger partial charge in [0.2, 0.25) is 0 Å². The van der Waals surface area contributed by atoms with Gasteiger partial charge in [-0.15, -0.1) is 0 Å². The molecule has 0 aliphatic carbocycles. The number of hydrogen-bond acceptors (Lipinski definition) is 3. The van der Waals surface area contributed by atoms with Crippen molar-refractivity contribution in [1.29, 1.82) is 0 Å². The van der Waals surface area contributed by atoms with Crippen LogP contribution in [0.5, 0.6) is 0 Å². The van der Waals surface area contributed by atoms with E-state index in [0.29, 0.717) is 0 Å². The number of nitrogens with zero attached hydrogens (tertiary/aromatic N) is 3. The van der Waals surface area contributed by atoms with E-state index in [0.717, 1.165) is 6.54 Å². The van der Waals surface area contributed by atoms with E-state index < -0.39 is 0 Å². The maximum atomic E-state index is 3.78. The molecule has 0 spiro atoms. The molecule has 0 N–H and O–H groups in total. The van der Waals surface area contributed by atoms with E-state index in [4.69, 9.17) is 0 Å². The van der Waals surface area contributed by atoms with E-state index >= 15 is 0 Å². The summed E-state index contributed by atoms with van der Waals surface area (Å²) in [5, 5.41) is -0.0799. The van der Waals surface area contributed by atoms with Crippen molar-refractivity contribution in [3.05, 3.63) is 0 Å². The minimum Gasteiger partial charge on any atom is -0.307 e. The van der Waals surface area contributed by atoms with Crippen LogP contribution in [0, 0.1) is 0 Å². The normalized spacial score (nSPS) is 13.5. The molecule has 0 bridgehead atoms. The van der Waals surface area contributed by atoms with Gasteiger partial charge in [0.1, 0.15) is 0 Å². The Morgan fingerprint density at radius 2 is 1.25 bits per heavy atom. The van der Waals surface area contributed by atoms with Crippen LogP contribution < -0.4 is 0 Å². The van der Waals surface area contributed by atoms with E-state index in [9.17, 15) is 0 Å². The fourth-order valence-electron chi connectivity index (χ4n) is 1.12. The molecule has 3 radical (unpaired) electrons. The van der Waals surface area contributed by atoms with Gasteiger partial charge in [0, 0.05) is 6.54 Å². The molecule has 0 aromatic carbocycles. The molecule has 12 heavy (non-hydrogen) atoms. The molecule has 0 aromatic heterocycles. The summed E-state index contributed by atoms with van der Waals surface area (Å²) in [6.07, 6.45) is 0. The highest BCUT2D eigenvalue weighted by atomic mass is 28.1. The Bertz CT molecular complexity index is 126. The summed E-state index contributed by atoms with van der Waals surface area (Å²) in [7, 11) is 16.2. The molecule has 0 aliphatic rings. The summed E-state index contributed by atoms with van der Waals surface area (Å²) in [6, 6.07) is 0. The van der Waals surface area contributed by atoms with Gasteiger partial charge in [-0.2, -0.15) is 0 Å². The third kappa shape index (κ3) is 2.86. The van der Waals surface area contributed by atoms with Crippen molar-refractivity contribution in [3.8, 4) is 0 Å². The van der Waals surface area contributed by atoms with Gasteiger partial charge in [-0.25, -0.2) is 0 Å². The van der Waals surface area contributed by atoms with Crippen LogP contribution in [0.3, 0.4) is 0 Å². The molecule has 0 saturated carbocycles. The molecule has 0 amide bonds. The number of rotatable bonds is 4. The fourth-order valence-corrected chi connectivity index (χ4v) is 1.44. The largest absolute Gasteiger partial charge is 0.307 e. The quantitative estimate of drug-likeness (QED) is 0.433. The molecule has 71 valence electrons. The predicted octanol–water partition coefficient (Wildman–Crippen LogP) is -0.506. The van der Waals surface area contributed by atoms with Crippen LogP contribution in [0.1, 0.15) is 0 Å². The topological polar surface area (TPSA) is 9.72 Å². The summed E-state index contributed by atoms with van der Waals surface area (Å²) in [5.74, 6) is 0. The minimum absolute atomic E-state index is 0.0799. The first-order valence-corrected chi connectivity index (χ1v) is 4.55. The van der Waals surface area contributed by atoms with Crippen LogP contribution in [0.2, 0.25) is 0 Å². The standard InChI is InChI=1S/C8H20N3Si/c1-9(2)7-8(12,10(3)4)11(5)6/h7H2,1-6H3. The molecular weight excluding hydrogens is 166 g/mol. The molecular formula is C8H20N3Si. The van der Waals surface area contributed by atoms with E-state index in [1.54, 1.807) is 0 Å². The second-order valence-electron chi connectivity index (χ2n) is 3.84. The van der Waals surface area contributed by atoms with Crippen LogP contribution in [0.4, 0.5) is 0 Å². The van der Waals surface area contributed by atoms with Gasteiger partial charge in [0.15, 0.2) is 0 Å². The third-order valence-electron chi connectivity index (χ3n) is 2.02. The van der Waals surface area contributed by atoms with Gasteiger partial charge in [0.25, 0.3) is 0 Å². The highest BCUT2D eigenvalue weighted by molar-refractivity contribution is 6.15. The second kappa shape index (κ2) is 4.37. The zero-order valence-corrected chi connectivity index (χ0v) is 10.0. The highest BCUT2D eigenvalue weighted by Crippen LogP contribution is 2.10. The van der Waals surface area contributed by atoms with E-state index in [2.05, 4.69) is 67.2 Å². The SMILES string of the molecule is CN(C)CC([Si])(N(C)C)N(C)C. The summed E-state index contributed by atoms with van der Waals surface area (Å²) in [5.41, 5.74) is 0. The van der Waals surface area contributed by atoms with Crippen molar-refractivity contribution in [3.63, 3.8) is 0 Å². The second-order valence-corrected chi connectivity index (χ2v) is 4.64. The summed E-state index contributed by atoms with van der Waals surface area (Å²) in [6.45, 7) is 0.948. The lowest BCUT2D eigenvalue weighted by Crippen LogP contribution is -2.61. The number of hydrogen-bond donors (Lipinski definition) is 0. The average molecular weight is 186 g/mol. The smallest absolute Gasteiger partial charge is 0.0770 e. The Morgan fingerprint density at radius 3 is 1.33 bits per heavy atom. The summed E-state index contributed by atoms with van der Waals surface area (Å²) < 4.78 is 0. The average Bonchev–Trinajstić information content (AvgIpc) is 1.84. The maximum absolute atomic E-state index is 3.78. The molecule has 4 heteroatoms. The highest BCUT2D eigenvalue weighted by Gasteiger charge is 2.29. The Balaban J connectivity index is 4.40. The molecule has 0 atom stereocenters. The molecule has 0 unspecified atom stereocenters. The third-order valence-corrected chi connectivity index (χ3v) is 3.07. The first-order chi connectivity index (χ1) is 5.30. The fraction of sp³-hybridized carbons (Fsp3) is 1.00. The molecule has 3 nitrogen and oxygen atoms in total. The van der Waals surface area contributed by atoms with Crippen LogP contribution in [0.25, 0.3) is 0 Å². The molecule has 0 fully saturated rings. The molecule has 0 aliphatic heterocycles. The van der Waals surface area contributed by atoms with E-state index in [1.807, 2.05) is 0 Å². The lowest BCUT2D eigenvalue weighted by molar-refractivity contribution is 0.0580. The monoisotopic (exact) mass is 186 g/mol. The first-order valence-electron chi connectivity index (χ1n) is 4.05.